The van der Waals surface area contributed by atoms with E-state index in [2.05, 4.69) is 24.3 Å². The van der Waals surface area contributed by atoms with E-state index in [1.54, 1.807) is 0 Å². The molecule has 0 amide bonds. The van der Waals surface area contributed by atoms with E-state index in [4.69, 9.17) is 11.1 Å². The van der Waals surface area contributed by atoms with Gasteiger partial charge in [-0.05, 0) is 24.3 Å². The van der Waals surface area contributed by atoms with Crippen molar-refractivity contribution >= 4 is 5.84 Å². The summed E-state index contributed by atoms with van der Waals surface area (Å²) in [6, 6.07) is 10.4. The molecule has 2 heteroatoms. The van der Waals surface area contributed by atoms with Crippen molar-refractivity contribution in [2.75, 3.05) is 0 Å². The molecule has 0 aliphatic heterocycles. The van der Waals surface area contributed by atoms with Crippen molar-refractivity contribution in [2.45, 2.75) is 25.2 Å². The highest BCUT2D eigenvalue weighted by Crippen LogP contribution is 2.39. The second-order valence-corrected chi connectivity index (χ2v) is 4.01. The summed E-state index contributed by atoms with van der Waals surface area (Å²) < 4.78 is 0. The summed E-state index contributed by atoms with van der Waals surface area (Å²) in [6.45, 7) is 0. The van der Waals surface area contributed by atoms with Crippen molar-refractivity contribution in [1.82, 2.24) is 0 Å². The Kier molecular flexibility index (Phi) is 2.53. The minimum absolute atomic E-state index is 0.275. The Morgan fingerprint density at radius 1 is 1.21 bits per heavy atom. The lowest BCUT2D eigenvalue weighted by atomic mass is 9.88. The summed E-state index contributed by atoms with van der Waals surface area (Å²) in [5, 5.41) is 7.55. The molecule has 2 atom stereocenters. The summed E-state index contributed by atoms with van der Waals surface area (Å²) in [4.78, 5) is 0. The van der Waals surface area contributed by atoms with Gasteiger partial charge in [-0.3, -0.25) is 5.41 Å². The fourth-order valence-corrected chi connectivity index (χ4v) is 2.43. The third-order valence-electron chi connectivity index (χ3n) is 3.14. The van der Waals surface area contributed by atoms with Crippen molar-refractivity contribution in [1.29, 1.82) is 5.41 Å². The van der Waals surface area contributed by atoms with Gasteiger partial charge in [-0.1, -0.05) is 36.8 Å². The molecule has 1 aromatic carbocycles. The lowest BCUT2D eigenvalue weighted by Crippen LogP contribution is -2.24. The van der Waals surface area contributed by atoms with Crippen LogP contribution in [0.1, 0.15) is 30.7 Å². The van der Waals surface area contributed by atoms with Crippen molar-refractivity contribution in [2.24, 2.45) is 11.7 Å². The molecule has 1 aliphatic carbocycles. The molecular formula is C12H16N2. The summed E-state index contributed by atoms with van der Waals surface area (Å²) in [6.07, 6.45) is 3.45. The molecule has 3 N–H and O–H groups in total. The number of nitrogens with one attached hydrogen (secondary N) is 1. The predicted octanol–water partition coefficient (Wildman–Crippen LogP) is 2.51. The lowest BCUT2D eigenvalue weighted by Gasteiger charge is -2.18. The van der Waals surface area contributed by atoms with E-state index in [1.807, 2.05) is 6.07 Å². The average Bonchev–Trinajstić information content (AvgIpc) is 2.67. The highest BCUT2D eigenvalue weighted by molar-refractivity contribution is 5.81. The molecule has 1 saturated carbocycles. The molecule has 1 aliphatic rings. The van der Waals surface area contributed by atoms with Gasteiger partial charge >= 0.3 is 0 Å². The number of rotatable bonds is 2. The van der Waals surface area contributed by atoms with Crippen LogP contribution in [0.2, 0.25) is 0 Å². The smallest absolute Gasteiger partial charge is 0.0943 e. The van der Waals surface area contributed by atoms with Gasteiger partial charge in [-0.2, -0.15) is 0 Å². The fourth-order valence-electron chi connectivity index (χ4n) is 2.43. The molecule has 0 saturated heterocycles. The van der Waals surface area contributed by atoms with Gasteiger partial charge in [0.1, 0.15) is 0 Å². The molecule has 0 radical (unpaired) electrons. The Morgan fingerprint density at radius 3 is 2.57 bits per heavy atom. The molecule has 0 aromatic heterocycles. The van der Waals surface area contributed by atoms with Gasteiger partial charge in [0, 0.05) is 5.92 Å². The van der Waals surface area contributed by atoms with E-state index in [9.17, 15) is 0 Å². The fraction of sp³-hybridized carbons (Fsp3) is 0.417. The monoisotopic (exact) mass is 188 g/mol. The largest absolute Gasteiger partial charge is 0.387 e. The van der Waals surface area contributed by atoms with Crippen LogP contribution in [0.4, 0.5) is 0 Å². The van der Waals surface area contributed by atoms with Crippen LogP contribution in [-0.2, 0) is 0 Å². The first-order valence-electron chi connectivity index (χ1n) is 5.18. The molecule has 0 bridgehead atoms. The standard InChI is InChI=1S/C12H16N2/c13-12(14)11-8-4-7-10(11)9-5-2-1-3-6-9/h1-3,5-6,10-11H,4,7-8H2,(H3,13,14)/t10-,11-/m1/s1. The van der Waals surface area contributed by atoms with E-state index in [1.165, 1.54) is 18.4 Å². The van der Waals surface area contributed by atoms with Gasteiger partial charge in [-0.15, -0.1) is 0 Å². The average molecular weight is 188 g/mol. The van der Waals surface area contributed by atoms with E-state index >= 15 is 0 Å². The first kappa shape index (κ1) is 9.25. The van der Waals surface area contributed by atoms with Gasteiger partial charge < -0.3 is 5.73 Å². The maximum atomic E-state index is 7.55. The topological polar surface area (TPSA) is 49.9 Å². The third kappa shape index (κ3) is 1.65. The van der Waals surface area contributed by atoms with Gasteiger partial charge in [-0.25, -0.2) is 0 Å². The van der Waals surface area contributed by atoms with Crippen LogP contribution in [0.5, 0.6) is 0 Å². The SMILES string of the molecule is N=C(N)[C@@H]1CCC[C@@H]1c1ccccc1. The maximum Gasteiger partial charge on any atom is 0.0943 e. The molecule has 2 nitrogen and oxygen atoms in total. The Labute approximate surface area is 84.6 Å². The zero-order valence-corrected chi connectivity index (χ0v) is 8.24. The molecule has 1 fully saturated rings. The Bertz CT molecular complexity index is 318. The highest BCUT2D eigenvalue weighted by atomic mass is 14.7. The number of benzene rings is 1. The molecule has 0 spiro atoms. The number of amidine groups is 1. The molecule has 14 heavy (non-hydrogen) atoms. The zero-order valence-electron chi connectivity index (χ0n) is 8.24. The quantitative estimate of drug-likeness (QED) is 0.543. The minimum Gasteiger partial charge on any atom is -0.387 e. The molecule has 74 valence electrons. The summed E-state index contributed by atoms with van der Waals surface area (Å²) in [7, 11) is 0. The zero-order chi connectivity index (χ0) is 9.97. The van der Waals surface area contributed by atoms with Crippen LogP contribution >= 0.6 is 0 Å². The number of hydrogen-bond donors (Lipinski definition) is 2. The van der Waals surface area contributed by atoms with Crippen LogP contribution < -0.4 is 5.73 Å². The molecule has 2 rings (SSSR count). The molecular weight excluding hydrogens is 172 g/mol. The highest BCUT2D eigenvalue weighted by Gasteiger charge is 2.30. The van der Waals surface area contributed by atoms with Crippen molar-refractivity contribution in [3.8, 4) is 0 Å². The van der Waals surface area contributed by atoms with Gasteiger partial charge in [0.15, 0.2) is 0 Å². The van der Waals surface area contributed by atoms with E-state index in [-0.39, 0.29) is 5.92 Å². The molecule has 0 heterocycles. The minimum atomic E-state index is 0.275. The van der Waals surface area contributed by atoms with Gasteiger partial charge in [0.05, 0.1) is 5.84 Å². The summed E-state index contributed by atoms with van der Waals surface area (Å²) in [5.41, 5.74) is 6.95. The first-order valence-corrected chi connectivity index (χ1v) is 5.18. The molecule has 0 unspecified atom stereocenters. The first-order chi connectivity index (χ1) is 6.79. The Morgan fingerprint density at radius 2 is 1.93 bits per heavy atom. The van der Waals surface area contributed by atoms with Gasteiger partial charge in [0.25, 0.3) is 0 Å². The normalized spacial score (nSPS) is 26.3. The van der Waals surface area contributed by atoms with E-state index < -0.39 is 0 Å². The van der Waals surface area contributed by atoms with Crippen LogP contribution in [0.25, 0.3) is 0 Å². The van der Waals surface area contributed by atoms with Crippen LogP contribution in [-0.4, -0.2) is 5.84 Å². The van der Waals surface area contributed by atoms with Crippen molar-refractivity contribution in [3.05, 3.63) is 35.9 Å². The summed E-state index contributed by atoms with van der Waals surface area (Å²) in [5.74, 6) is 1.11. The molecule has 1 aromatic rings. The van der Waals surface area contributed by atoms with Crippen LogP contribution in [0.15, 0.2) is 30.3 Å². The van der Waals surface area contributed by atoms with Crippen LogP contribution in [0, 0.1) is 11.3 Å². The Hall–Kier alpha value is -1.31. The van der Waals surface area contributed by atoms with Crippen molar-refractivity contribution < 1.29 is 0 Å². The maximum absolute atomic E-state index is 7.55. The van der Waals surface area contributed by atoms with Crippen LogP contribution in [0.3, 0.4) is 0 Å². The third-order valence-corrected chi connectivity index (χ3v) is 3.14. The second kappa shape index (κ2) is 3.82. The Balaban J connectivity index is 2.22. The van der Waals surface area contributed by atoms with E-state index in [0.29, 0.717) is 11.8 Å². The number of hydrogen-bond acceptors (Lipinski definition) is 1. The number of nitrogens with two attached hydrogens (primary N) is 1. The predicted molar refractivity (Wildman–Crippen MR) is 58.4 cm³/mol. The lowest BCUT2D eigenvalue weighted by molar-refractivity contribution is 0.616. The van der Waals surface area contributed by atoms with E-state index in [0.717, 1.165) is 6.42 Å². The second-order valence-electron chi connectivity index (χ2n) is 4.01. The summed E-state index contributed by atoms with van der Waals surface area (Å²) >= 11 is 0. The van der Waals surface area contributed by atoms with Crippen molar-refractivity contribution in [3.63, 3.8) is 0 Å². The van der Waals surface area contributed by atoms with Gasteiger partial charge in [0.2, 0.25) is 0 Å².